The molecule has 7 heteroatoms. The number of piperazine rings is 1. The van der Waals surface area contributed by atoms with Gasteiger partial charge in [0, 0.05) is 56.2 Å². The van der Waals surface area contributed by atoms with Gasteiger partial charge in [-0.15, -0.1) is 0 Å². The van der Waals surface area contributed by atoms with Gasteiger partial charge in [-0.3, -0.25) is 9.69 Å². The molecule has 1 fully saturated rings. The highest BCUT2D eigenvalue weighted by molar-refractivity contribution is 5.94. The maximum Gasteiger partial charge on any atom is 0.253 e. The number of halogens is 1. The van der Waals surface area contributed by atoms with Crippen molar-refractivity contribution in [2.24, 2.45) is 0 Å². The van der Waals surface area contributed by atoms with Crippen LogP contribution in [0.5, 0.6) is 5.75 Å². The third-order valence-corrected chi connectivity index (χ3v) is 5.18. The Bertz CT molecular complexity index is 965. The second-order valence-corrected chi connectivity index (χ2v) is 7.02. The summed E-state index contributed by atoms with van der Waals surface area (Å²) in [5.74, 6) is 0.440. The van der Waals surface area contributed by atoms with Gasteiger partial charge in [0.05, 0.1) is 12.8 Å². The minimum absolute atomic E-state index is 0.0278. The SMILES string of the molecule is COc1ccc(F)cc1CN1CCN(C(=O)c2ccc(-n3cccn3)cc2)CC1. The van der Waals surface area contributed by atoms with E-state index in [4.69, 9.17) is 4.74 Å². The second-order valence-electron chi connectivity index (χ2n) is 7.02. The molecule has 0 unspecified atom stereocenters. The number of aromatic nitrogens is 2. The predicted molar refractivity (Wildman–Crippen MR) is 108 cm³/mol. The molecule has 0 atom stereocenters. The number of amides is 1. The van der Waals surface area contributed by atoms with E-state index in [1.54, 1.807) is 24.1 Å². The van der Waals surface area contributed by atoms with Gasteiger partial charge in [0.2, 0.25) is 0 Å². The fourth-order valence-electron chi connectivity index (χ4n) is 3.58. The molecule has 1 saturated heterocycles. The van der Waals surface area contributed by atoms with E-state index in [-0.39, 0.29) is 11.7 Å². The smallest absolute Gasteiger partial charge is 0.253 e. The van der Waals surface area contributed by atoms with E-state index in [1.807, 2.05) is 41.4 Å². The Kier molecular flexibility index (Phi) is 5.57. The summed E-state index contributed by atoms with van der Waals surface area (Å²) >= 11 is 0. The van der Waals surface area contributed by atoms with Crippen molar-refractivity contribution in [3.05, 3.63) is 77.9 Å². The number of methoxy groups -OCH3 is 1. The molecule has 0 spiro atoms. The number of hydrogen-bond donors (Lipinski definition) is 0. The van der Waals surface area contributed by atoms with Crippen molar-refractivity contribution in [2.45, 2.75) is 6.54 Å². The lowest BCUT2D eigenvalue weighted by molar-refractivity contribution is 0.0627. The number of carbonyl (C=O) groups is 1. The van der Waals surface area contributed by atoms with Crippen molar-refractivity contribution in [2.75, 3.05) is 33.3 Å². The standard InChI is InChI=1S/C22H23FN4O2/c1-29-21-8-5-19(23)15-18(21)16-25-11-13-26(14-12-25)22(28)17-3-6-20(7-4-17)27-10-2-9-24-27/h2-10,15H,11-14,16H2,1H3. The van der Waals surface area contributed by atoms with Crippen LogP contribution in [-0.4, -0.2) is 58.8 Å². The molecule has 0 radical (unpaired) electrons. The summed E-state index contributed by atoms with van der Waals surface area (Å²) in [4.78, 5) is 16.9. The van der Waals surface area contributed by atoms with Crippen LogP contribution in [0.15, 0.2) is 60.9 Å². The number of benzene rings is 2. The molecular formula is C22H23FN4O2. The fraction of sp³-hybridized carbons (Fsp3) is 0.273. The first kappa shape index (κ1) is 19.1. The molecule has 6 nitrogen and oxygen atoms in total. The van der Waals surface area contributed by atoms with Crippen molar-refractivity contribution in [1.82, 2.24) is 19.6 Å². The molecule has 2 heterocycles. The van der Waals surface area contributed by atoms with Crippen LogP contribution >= 0.6 is 0 Å². The lowest BCUT2D eigenvalue weighted by Crippen LogP contribution is -2.48. The highest BCUT2D eigenvalue weighted by Crippen LogP contribution is 2.22. The molecule has 29 heavy (non-hydrogen) atoms. The van der Waals surface area contributed by atoms with E-state index in [0.717, 1.165) is 24.3 Å². The van der Waals surface area contributed by atoms with E-state index in [1.165, 1.54) is 12.1 Å². The van der Waals surface area contributed by atoms with E-state index >= 15 is 0 Å². The molecule has 0 aliphatic carbocycles. The van der Waals surface area contributed by atoms with Gasteiger partial charge in [0.25, 0.3) is 5.91 Å². The first-order valence-electron chi connectivity index (χ1n) is 9.58. The average Bonchev–Trinajstić information content (AvgIpc) is 3.29. The van der Waals surface area contributed by atoms with E-state index < -0.39 is 0 Å². The average molecular weight is 394 g/mol. The fourth-order valence-corrected chi connectivity index (χ4v) is 3.58. The molecule has 2 aromatic carbocycles. The molecule has 0 bridgehead atoms. The highest BCUT2D eigenvalue weighted by Gasteiger charge is 2.23. The normalized spacial score (nSPS) is 14.8. The molecule has 1 amide bonds. The summed E-state index contributed by atoms with van der Waals surface area (Å²) in [7, 11) is 1.59. The van der Waals surface area contributed by atoms with Gasteiger partial charge in [0.15, 0.2) is 0 Å². The summed E-state index contributed by atoms with van der Waals surface area (Å²) in [5, 5.41) is 4.19. The zero-order valence-electron chi connectivity index (χ0n) is 16.3. The molecule has 1 aliphatic rings. The van der Waals surface area contributed by atoms with E-state index in [2.05, 4.69) is 10.00 Å². The van der Waals surface area contributed by atoms with Gasteiger partial charge >= 0.3 is 0 Å². The number of carbonyl (C=O) groups excluding carboxylic acids is 1. The van der Waals surface area contributed by atoms with Gasteiger partial charge in [0.1, 0.15) is 11.6 Å². The molecule has 1 aromatic heterocycles. The summed E-state index contributed by atoms with van der Waals surface area (Å²) in [5.41, 5.74) is 2.41. The molecule has 0 N–H and O–H groups in total. The Hall–Kier alpha value is -3.19. The van der Waals surface area contributed by atoms with Crippen LogP contribution in [0, 0.1) is 5.82 Å². The van der Waals surface area contributed by atoms with Crippen molar-refractivity contribution < 1.29 is 13.9 Å². The quantitative estimate of drug-likeness (QED) is 0.668. The Labute approximate surface area is 169 Å². The van der Waals surface area contributed by atoms with Gasteiger partial charge in [-0.1, -0.05) is 0 Å². The Morgan fingerprint density at radius 1 is 1.10 bits per heavy atom. The van der Waals surface area contributed by atoms with Gasteiger partial charge < -0.3 is 9.64 Å². The minimum atomic E-state index is -0.270. The molecule has 150 valence electrons. The monoisotopic (exact) mass is 394 g/mol. The lowest BCUT2D eigenvalue weighted by atomic mass is 10.1. The van der Waals surface area contributed by atoms with Crippen molar-refractivity contribution >= 4 is 5.91 Å². The number of ether oxygens (including phenoxy) is 1. The molecule has 3 aromatic rings. The van der Waals surface area contributed by atoms with Crippen LogP contribution in [-0.2, 0) is 6.54 Å². The number of hydrogen-bond acceptors (Lipinski definition) is 4. The first-order chi connectivity index (χ1) is 14.1. The maximum atomic E-state index is 13.6. The van der Waals surface area contributed by atoms with Crippen LogP contribution in [0.1, 0.15) is 15.9 Å². The third-order valence-electron chi connectivity index (χ3n) is 5.18. The molecular weight excluding hydrogens is 371 g/mol. The predicted octanol–water partition coefficient (Wildman–Crippen LogP) is 2.98. The second kappa shape index (κ2) is 8.45. The largest absolute Gasteiger partial charge is 0.496 e. The summed E-state index contributed by atoms with van der Waals surface area (Å²) < 4.78 is 20.7. The Morgan fingerprint density at radius 3 is 2.52 bits per heavy atom. The van der Waals surface area contributed by atoms with Crippen LogP contribution in [0.25, 0.3) is 5.69 Å². The third kappa shape index (κ3) is 4.30. The van der Waals surface area contributed by atoms with E-state index in [9.17, 15) is 9.18 Å². The maximum absolute atomic E-state index is 13.6. The first-order valence-corrected chi connectivity index (χ1v) is 9.58. The van der Waals surface area contributed by atoms with Crippen molar-refractivity contribution in [3.63, 3.8) is 0 Å². The van der Waals surface area contributed by atoms with E-state index in [0.29, 0.717) is 30.9 Å². The summed E-state index contributed by atoms with van der Waals surface area (Å²) in [6.07, 6.45) is 3.58. The summed E-state index contributed by atoms with van der Waals surface area (Å²) in [6, 6.07) is 13.9. The van der Waals surface area contributed by atoms with Crippen LogP contribution in [0.3, 0.4) is 0 Å². The minimum Gasteiger partial charge on any atom is -0.496 e. The Morgan fingerprint density at radius 2 is 1.86 bits per heavy atom. The van der Waals surface area contributed by atoms with Gasteiger partial charge in [-0.25, -0.2) is 9.07 Å². The van der Waals surface area contributed by atoms with Gasteiger partial charge in [-0.2, -0.15) is 5.10 Å². The molecule has 4 rings (SSSR count). The topological polar surface area (TPSA) is 50.6 Å². The molecule has 1 aliphatic heterocycles. The zero-order valence-corrected chi connectivity index (χ0v) is 16.3. The van der Waals surface area contributed by atoms with Crippen LogP contribution < -0.4 is 4.74 Å². The number of nitrogens with zero attached hydrogens (tertiary/aromatic N) is 4. The Balaban J connectivity index is 1.36. The number of rotatable bonds is 5. The lowest BCUT2D eigenvalue weighted by Gasteiger charge is -2.35. The zero-order chi connectivity index (χ0) is 20.2. The highest BCUT2D eigenvalue weighted by atomic mass is 19.1. The van der Waals surface area contributed by atoms with Crippen LogP contribution in [0.4, 0.5) is 4.39 Å². The van der Waals surface area contributed by atoms with Gasteiger partial charge in [-0.05, 0) is 48.5 Å². The molecule has 0 saturated carbocycles. The van der Waals surface area contributed by atoms with Crippen LogP contribution in [0.2, 0.25) is 0 Å². The summed E-state index contributed by atoms with van der Waals surface area (Å²) in [6.45, 7) is 3.34. The van der Waals surface area contributed by atoms with Crippen molar-refractivity contribution in [3.8, 4) is 11.4 Å². The van der Waals surface area contributed by atoms with Crippen molar-refractivity contribution in [1.29, 1.82) is 0 Å².